The fourth-order valence-corrected chi connectivity index (χ4v) is 3.25. The highest BCUT2D eigenvalue weighted by molar-refractivity contribution is 6.30. The molecular weight excluding hydrogens is 264 g/mol. The first-order valence-corrected chi connectivity index (χ1v) is 7.30. The highest BCUT2D eigenvalue weighted by Gasteiger charge is 2.23. The van der Waals surface area contributed by atoms with E-state index in [1.165, 1.54) is 5.56 Å². The Bertz CT molecular complexity index is 455. The van der Waals surface area contributed by atoms with E-state index in [4.69, 9.17) is 21.1 Å². The molecule has 0 spiro atoms. The molecule has 2 aliphatic rings. The third-order valence-corrected chi connectivity index (χ3v) is 4.13. The normalized spacial score (nSPS) is 23.2. The number of ether oxygens (including phenoxy) is 2. The Hall–Kier alpha value is -0.770. The second kappa shape index (κ2) is 5.70. The van der Waals surface area contributed by atoms with Gasteiger partial charge in [-0.05, 0) is 42.0 Å². The standard InChI is InChI=1S/C15H19ClO3/c16-13-6-11-2-4-19-15(11)12(7-13)8-14(17)5-10-1-3-18-9-10/h6-7,10,14,17H,1-5,8-9H2. The number of aliphatic hydroxyl groups is 1. The smallest absolute Gasteiger partial charge is 0.126 e. The maximum absolute atomic E-state index is 10.2. The molecule has 104 valence electrons. The summed E-state index contributed by atoms with van der Waals surface area (Å²) in [6.07, 6.45) is 3.02. The van der Waals surface area contributed by atoms with Crippen LogP contribution >= 0.6 is 11.6 Å². The van der Waals surface area contributed by atoms with Gasteiger partial charge in [0.2, 0.25) is 0 Å². The summed E-state index contributed by atoms with van der Waals surface area (Å²) in [7, 11) is 0. The number of rotatable bonds is 4. The van der Waals surface area contributed by atoms with Gasteiger partial charge < -0.3 is 14.6 Å². The van der Waals surface area contributed by atoms with Crippen LogP contribution in [-0.2, 0) is 17.6 Å². The molecule has 2 atom stereocenters. The summed E-state index contributed by atoms with van der Waals surface area (Å²) in [6, 6.07) is 3.88. The van der Waals surface area contributed by atoms with E-state index >= 15 is 0 Å². The average molecular weight is 283 g/mol. The van der Waals surface area contributed by atoms with Crippen LogP contribution in [0.5, 0.6) is 5.75 Å². The number of aliphatic hydroxyl groups excluding tert-OH is 1. The summed E-state index contributed by atoms with van der Waals surface area (Å²) in [5, 5.41) is 11.0. The number of hydrogen-bond donors (Lipinski definition) is 1. The van der Waals surface area contributed by atoms with Crippen molar-refractivity contribution >= 4 is 11.6 Å². The van der Waals surface area contributed by atoms with Crippen molar-refractivity contribution in [3.05, 3.63) is 28.3 Å². The lowest BCUT2D eigenvalue weighted by molar-refractivity contribution is 0.128. The molecule has 3 rings (SSSR count). The summed E-state index contributed by atoms with van der Waals surface area (Å²) in [4.78, 5) is 0. The number of fused-ring (bicyclic) bond motifs is 1. The average Bonchev–Trinajstić information content (AvgIpc) is 2.99. The molecule has 0 radical (unpaired) electrons. The Balaban J connectivity index is 1.68. The van der Waals surface area contributed by atoms with Crippen molar-refractivity contribution in [3.63, 3.8) is 0 Å². The zero-order valence-electron chi connectivity index (χ0n) is 10.9. The van der Waals surface area contributed by atoms with Gasteiger partial charge in [-0.25, -0.2) is 0 Å². The maximum atomic E-state index is 10.2. The molecule has 0 saturated carbocycles. The van der Waals surface area contributed by atoms with E-state index in [9.17, 15) is 5.11 Å². The van der Waals surface area contributed by atoms with Gasteiger partial charge in [0.15, 0.2) is 0 Å². The molecule has 0 bridgehead atoms. The third-order valence-electron chi connectivity index (χ3n) is 3.91. The van der Waals surface area contributed by atoms with Crippen molar-refractivity contribution in [2.75, 3.05) is 19.8 Å². The van der Waals surface area contributed by atoms with Crippen molar-refractivity contribution in [2.45, 2.75) is 31.8 Å². The summed E-state index contributed by atoms with van der Waals surface area (Å²) in [5.74, 6) is 1.43. The van der Waals surface area contributed by atoms with Crippen LogP contribution in [0.1, 0.15) is 24.0 Å². The van der Waals surface area contributed by atoms with E-state index in [1.54, 1.807) is 0 Å². The molecular formula is C15H19ClO3. The van der Waals surface area contributed by atoms with Crippen molar-refractivity contribution in [3.8, 4) is 5.75 Å². The van der Waals surface area contributed by atoms with Gasteiger partial charge in [-0.3, -0.25) is 0 Å². The van der Waals surface area contributed by atoms with Crippen LogP contribution in [0.4, 0.5) is 0 Å². The second-order valence-electron chi connectivity index (χ2n) is 5.47. The Kier molecular flexibility index (Phi) is 3.96. The van der Waals surface area contributed by atoms with E-state index in [0.29, 0.717) is 12.3 Å². The van der Waals surface area contributed by atoms with Crippen molar-refractivity contribution in [2.24, 2.45) is 5.92 Å². The van der Waals surface area contributed by atoms with Crippen LogP contribution in [-0.4, -0.2) is 31.0 Å². The van der Waals surface area contributed by atoms with Gasteiger partial charge in [0.05, 0.1) is 12.7 Å². The number of halogens is 1. The molecule has 1 aromatic carbocycles. The minimum absolute atomic E-state index is 0.349. The molecule has 1 N–H and O–H groups in total. The number of benzene rings is 1. The molecule has 1 fully saturated rings. The largest absolute Gasteiger partial charge is 0.493 e. The summed E-state index contributed by atoms with van der Waals surface area (Å²) in [5.41, 5.74) is 2.20. The first-order chi connectivity index (χ1) is 9.22. The van der Waals surface area contributed by atoms with Gasteiger partial charge in [-0.1, -0.05) is 11.6 Å². The SMILES string of the molecule is OC(Cc1cc(Cl)cc2c1OCC2)CC1CCOC1. The molecule has 1 saturated heterocycles. The topological polar surface area (TPSA) is 38.7 Å². The van der Waals surface area contributed by atoms with Crippen molar-refractivity contribution < 1.29 is 14.6 Å². The van der Waals surface area contributed by atoms with Crippen molar-refractivity contribution in [1.82, 2.24) is 0 Å². The molecule has 3 nitrogen and oxygen atoms in total. The van der Waals surface area contributed by atoms with Gasteiger partial charge in [0, 0.05) is 31.1 Å². The summed E-state index contributed by atoms with van der Waals surface area (Å²) >= 11 is 6.13. The summed E-state index contributed by atoms with van der Waals surface area (Å²) in [6.45, 7) is 2.32. The first-order valence-electron chi connectivity index (χ1n) is 6.92. The van der Waals surface area contributed by atoms with Crippen LogP contribution in [0.2, 0.25) is 5.02 Å². The monoisotopic (exact) mass is 282 g/mol. The highest BCUT2D eigenvalue weighted by Crippen LogP contribution is 2.34. The molecule has 0 amide bonds. The van der Waals surface area contributed by atoms with Crippen LogP contribution in [0.25, 0.3) is 0 Å². The van der Waals surface area contributed by atoms with Crippen LogP contribution in [0.3, 0.4) is 0 Å². The second-order valence-corrected chi connectivity index (χ2v) is 5.91. The van der Waals surface area contributed by atoms with Crippen LogP contribution in [0.15, 0.2) is 12.1 Å². The summed E-state index contributed by atoms with van der Waals surface area (Å²) < 4.78 is 11.0. The zero-order valence-corrected chi connectivity index (χ0v) is 11.7. The van der Waals surface area contributed by atoms with Gasteiger partial charge >= 0.3 is 0 Å². The maximum Gasteiger partial charge on any atom is 0.126 e. The van der Waals surface area contributed by atoms with Gasteiger partial charge in [-0.2, -0.15) is 0 Å². The minimum atomic E-state index is -0.349. The van der Waals surface area contributed by atoms with E-state index in [-0.39, 0.29) is 6.10 Å². The Morgan fingerprint density at radius 3 is 3.05 bits per heavy atom. The quantitative estimate of drug-likeness (QED) is 0.923. The molecule has 2 aliphatic heterocycles. The molecule has 2 heterocycles. The van der Waals surface area contributed by atoms with E-state index in [2.05, 4.69) is 0 Å². The van der Waals surface area contributed by atoms with Gasteiger partial charge in [-0.15, -0.1) is 0 Å². The number of hydrogen-bond acceptors (Lipinski definition) is 3. The van der Waals surface area contributed by atoms with Crippen molar-refractivity contribution in [1.29, 1.82) is 0 Å². The van der Waals surface area contributed by atoms with Crippen LogP contribution < -0.4 is 4.74 Å². The minimum Gasteiger partial charge on any atom is -0.493 e. The molecule has 19 heavy (non-hydrogen) atoms. The fourth-order valence-electron chi connectivity index (χ4n) is 2.99. The fraction of sp³-hybridized carbons (Fsp3) is 0.600. The Morgan fingerprint density at radius 2 is 2.26 bits per heavy atom. The van der Waals surface area contributed by atoms with Gasteiger partial charge in [0.25, 0.3) is 0 Å². The third kappa shape index (κ3) is 3.04. The predicted octanol–water partition coefficient (Wildman–Crippen LogP) is 2.60. The molecule has 4 heteroatoms. The van der Waals surface area contributed by atoms with Gasteiger partial charge in [0.1, 0.15) is 5.75 Å². The molecule has 0 aromatic heterocycles. The van der Waals surface area contributed by atoms with E-state index in [0.717, 1.165) is 55.4 Å². The zero-order chi connectivity index (χ0) is 13.2. The predicted molar refractivity (Wildman–Crippen MR) is 73.9 cm³/mol. The molecule has 1 aromatic rings. The Morgan fingerprint density at radius 1 is 1.37 bits per heavy atom. The molecule has 2 unspecified atom stereocenters. The van der Waals surface area contributed by atoms with Crippen LogP contribution in [0, 0.1) is 5.92 Å². The van der Waals surface area contributed by atoms with E-state index < -0.39 is 0 Å². The Labute approximate surface area is 118 Å². The highest BCUT2D eigenvalue weighted by atomic mass is 35.5. The van der Waals surface area contributed by atoms with E-state index in [1.807, 2.05) is 12.1 Å². The lowest BCUT2D eigenvalue weighted by Gasteiger charge is -2.16. The first kappa shape index (κ1) is 13.2. The lowest BCUT2D eigenvalue weighted by Crippen LogP contribution is -2.16. The molecule has 0 aliphatic carbocycles. The lowest BCUT2D eigenvalue weighted by atomic mass is 9.95.